The summed E-state index contributed by atoms with van der Waals surface area (Å²) in [6, 6.07) is 3.13. The Balaban J connectivity index is 1.61. The zero-order chi connectivity index (χ0) is 20.9. The fourth-order valence-electron chi connectivity index (χ4n) is 4.80. The van der Waals surface area contributed by atoms with Crippen molar-refractivity contribution in [2.45, 2.75) is 31.2 Å². The number of likely N-dealkylation sites (N-methyl/N-ethyl adjacent to an activating group) is 1. The molecule has 2 aromatic rings. The van der Waals surface area contributed by atoms with E-state index in [9.17, 15) is 18.0 Å². The Morgan fingerprint density at radius 1 is 1.28 bits per heavy atom. The number of carbonyl (C=O) groups is 1. The fraction of sp³-hybridized carbons (Fsp3) is 0.600. The number of likely N-dealkylation sites (tertiary alicyclic amines) is 1. The molecule has 3 heterocycles. The first-order valence-electron chi connectivity index (χ1n) is 9.63. The third-order valence-electron chi connectivity index (χ3n) is 6.27. The topological polar surface area (TPSA) is 45.7 Å². The molecule has 4 rings (SSSR count). The first kappa shape index (κ1) is 20.6. The predicted molar refractivity (Wildman–Crippen MR) is 105 cm³/mol. The number of fused-ring (bicyclic) bond motifs is 2. The molecule has 0 unspecified atom stereocenters. The van der Waals surface area contributed by atoms with Crippen molar-refractivity contribution >= 4 is 27.5 Å². The lowest BCUT2D eigenvalue weighted by atomic mass is 9.77. The molecule has 0 spiro atoms. The molecule has 1 saturated heterocycles. The van der Waals surface area contributed by atoms with Crippen LogP contribution in [0.25, 0.3) is 10.2 Å². The predicted octanol–water partition coefficient (Wildman–Crippen LogP) is 3.74. The number of alkyl halides is 3. The average molecular weight is 427 g/mol. The SMILES string of the molecule is CO[C@@H]1C[C@H]2CN(C(=O)c3cc4sccc4nc3C(F)(F)F)C[C@H]2C[C@H]1N(C)C. The molecule has 4 atom stereocenters. The normalized spacial score (nSPS) is 27.6. The van der Waals surface area contributed by atoms with E-state index in [2.05, 4.69) is 9.88 Å². The molecule has 1 aliphatic carbocycles. The van der Waals surface area contributed by atoms with E-state index in [1.54, 1.807) is 23.5 Å². The van der Waals surface area contributed by atoms with Gasteiger partial charge >= 0.3 is 6.18 Å². The molecule has 2 aliphatic rings. The van der Waals surface area contributed by atoms with Crippen LogP contribution in [0.3, 0.4) is 0 Å². The van der Waals surface area contributed by atoms with E-state index in [-0.39, 0.29) is 35.1 Å². The number of thiophene rings is 1. The molecule has 0 aromatic carbocycles. The van der Waals surface area contributed by atoms with E-state index >= 15 is 0 Å². The molecule has 29 heavy (non-hydrogen) atoms. The van der Waals surface area contributed by atoms with E-state index in [1.165, 1.54) is 17.4 Å². The van der Waals surface area contributed by atoms with Gasteiger partial charge in [-0.25, -0.2) is 4.98 Å². The lowest BCUT2D eigenvalue weighted by Gasteiger charge is -2.40. The summed E-state index contributed by atoms with van der Waals surface area (Å²) in [4.78, 5) is 20.6. The lowest BCUT2D eigenvalue weighted by molar-refractivity contribution is -0.141. The molecule has 5 nitrogen and oxygen atoms in total. The van der Waals surface area contributed by atoms with Gasteiger partial charge in [0.1, 0.15) is 0 Å². The smallest absolute Gasteiger partial charge is 0.380 e. The van der Waals surface area contributed by atoms with Crippen molar-refractivity contribution in [3.63, 3.8) is 0 Å². The summed E-state index contributed by atoms with van der Waals surface area (Å²) in [5, 5.41) is 1.68. The first-order valence-corrected chi connectivity index (χ1v) is 10.5. The summed E-state index contributed by atoms with van der Waals surface area (Å²) in [7, 11) is 5.70. The highest BCUT2D eigenvalue weighted by Gasteiger charge is 2.46. The number of carbonyl (C=O) groups excluding carboxylic acids is 1. The number of aromatic nitrogens is 1. The number of hydrogen-bond acceptors (Lipinski definition) is 5. The van der Waals surface area contributed by atoms with Crippen LogP contribution in [-0.2, 0) is 10.9 Å². The zero-order valence-corrected chi connectivity index (χ0v) is 17.4. The number of hydrogen-bond donors (Lipinski definition) is 0. The average Bonchev–Trinajstić information content (AvgIpc) is 3.30. The Bertz CT molecular complexity index is 914. The zero-order valence-electron chi connectivity index (χ0n) is 16.6. The molecular weight excluding hydrogens is 403 g/mol. The van der Waals surface area contributed by atoms with Gasteiger partial charge in [-0.15, -0.1) is 11.3 Å². The van der Waals surface area contributed by atoms with Crippen molar-refractivity contribution < 1.29 is 22.7 Å². The summed E-state index contributed by atoms with van der Waals surface area (Å²) >= 11 is 1.28. The Morgan fingerprint density at radius 3 is 2.59 bits per heavy atom. The van der Waals surface area contributed by atoms with Gasteiger partial charge in [-0.2, -0.15) is 13.2 Å². The molecule has 2 aromatic heterocycles. The molecule has 1 saturated carbocycles. The van der Waals surface area contributed by atoms with Gasteiger partial charge in [-0.05, 0) is 56.3 Å². The quantitative estimate of drug-likeness (QED) is 0.749. The Kier molecular flexibility index (Phi) is 5.33. The van der Waals surface area contributed by atoms with Crippen LogP contribution in [0.5, 0.6) is 0 Å². The summed E-state index contributed by atoms with van der Waals surface area (Å²) in [5.74, 6) is -0.0664. The second-order valence-corrected chi connectivity index (χ2v) is 9.14. The summed E-state index contributed by atoms with van der Waals surface area (Å²) in [6.45, 7) is 0.938. The summed E-state index contributed by atoms with van der Waals surface area (Å²) in [5.41, 5.74) is -1.17. The number of pyridine rings is 1. The first-order chi connectivity index (χ1) is 13.7. The minimum absolute atomic E-state index is 0.0659. The van der Waals surface area contributed by atoms with Gasteiger partial charge in [0.25, 0.3) is 5.91 Å². The highest BCUT2D eigenvalue weighted by Crippen LogP contribution is 2.40. The van der Waals surface area contributed by atoms with E-state index in [0.29, 0.717) is 17.8 Å². The maximum atomic E-state index is 13.6. The Labute approximate surface area is 171 Å². The van der Waals surface area contributed by atoms with Crippen LogP contribution in [0.1, 0.15) is 28.9 Å². The van der Waals surface area contributed by atoms with E-state index in [1.807, 2.05) is 14.1 Å². The van der Waals surface area contributed by atoms with Gasteiger partial charge in [0, 0.05) is 26.2 Å². The van der Waals surface area contributed by atoms with Gasteiger partial charge in [0.05, 0.1) is 21.9 Å². The monoisotopic (exact) mass is 427 g/mol. The van der Waals surface area contributed by atoms with Crippen molar-refractivity contribution in [3.8, 4) is 0 Å². The molecule has 0 radical (unpaired) electrons. The maximum Gasteiger partial charge on any atom is 0.434 e. The molecule has 9 heteroatoms. The minimum atomic E-state index is -4.68. The molecule has 1 amide bonds. The Morgan fingerprint density at radius 2 is 1.97 bits per heavy atom. The van der Waals surface area contributed by atoms with Crippen molar-refractivity contribution in [3.05, 3.63) is 28.8 Å². The van der Waals surface area contributed by atoms with Crippen molar-refractivity contribution in [2.75, 3.05) is 34.3 Å². The number of rotatable bonds is 3. The molecule has 0 N–H and O–H groups in total. The highest BCUT2D eigenvalue weighted by atomic mass is 32.1. The second kappa shape index (κ2) is 7.52. The standard InChI is InChI=1S/C20H24F3N3O2S/c1-25(2)15-6-11-9-26(10-12(11)7-16(15)28-3)19(27)13-8-17-14(4-5-29-17)24-18(13)20(21,22)23/h4-5,8,11-12,15-16H,6-7,9-10H2,1-3H3/t11-,12+,15-,16-/m1/s1. The third-order valence-corrected chi connectivity index (χ3v) is 7.13. The number of halogens is 3. The molecule has 1 aliphatic heterocycles. The van der Waals surface area contributed by atoms with Crippen molar-refractivity contribution in [2.24, 2.45) is 11.8 Å². The number of ether oxygens (including phenoxy) is 1. The molecule has 158 valence electrons. The van der Waals surface area contributed by atoms with Gasteiger partial charge in [0.15, 0.2) is 5.69 Å². The van der Waals surface area contributed by atoms with Crippen LogP contribution < -0.4 is 0 Å². The number of nitrogens with zero attached hydrogens (tertiary/aromatic N) is 3. The number of methoxy groups -OCH3 is 1. The van der Waals surface area contributed by atoms with E-state index < -0.39 is 17.8 Å². The van der Waals surface area contributed by atoms with E-state index in [0.717, 1.165) is 12.8 Å². The molecule has 0 bridgehead atoms. The Hall–Kier alpha value is -1.71. The van der Waals surface area contributed by atoms with Crippen molar-refractivity contribution in [1.82, 2.24) is 14.8 Å². The lowest BCUT2D eigenvalue weighted by Crippen LogP contribution is -2.47. The van der Waals surface area contributed by atoms with Crippen LogP contribution in [-0.4, -0.2) is 67.1 Å². The van der Waals surface area contributed by atoms with Gasteiger partial charge in [0.2, 0.25) is 0 Å². The van der Waals surface area contributed by atoms with Crippen LogP contribution in [0, 0.1) is 11.8 Å². The van der Waals surface area contributed by atoms with Gasteiger partial charge < -0.3 is 14.5 Å². The van der Waals surface area contributed by atoms with Gasteiger partial charge in [-0.1, -0.05) is 0 Å². The second-order valence-electron chi connectivity index (χ2n) is 8.19. The maximum absolute atomic E-state index is 13.6. The van der Waals surface area contributed by atoms with Crippen LogP contribution in [0.2, 0.25) is 0 Å². The van der Waals surface area contributed by atoms with Crippen molar-refractivity contribution in [1.29, 1.82) is 0 Å². The molecular formula is C20H24F3N3O2S. The van der Waals surface area contributed by atoms with Crippen LogP contribution in [0.15, 0.2) is 17.5 Å². The number of amides is 1. The van der Waals surface area contributed by atoms with E-state index in [4.69, 9.17) is 4.74 Å². The minimum Gasteiger partial charge on any atom is -0.380 e. The largest absolute Gasteiger partial charge is 0.434 e. The fourth-order valence-corrected chi connectivity index (χ4v) is 5.56. The third kappa shape index (κ3) is 3.75. The summed E-state index contributed by atoms with van der Waals surface area (Å²) in [6.07, 6.45) is -2.93. The van der Waals surface area contributed by atoms with Crippen LogP contribution in [0.4, 0.5) is 13.2 Å². The van der Waals surface area contributed by atoms with Gasteiger partial charge in [-0.3, -0.25) is 4.79 Å². The summed E-state index contributed by atoms with van der Waals surface area (Å²) < 4.78 is 47.1. The van der Waals surface area contributed by atoms with Crippen LogP contribution >= 0.6 is 11.3 Å². The highest BCUT2D eigenvalue weighted by molar-refractivity contribution is 7.17. The molecule has 2 fully saturated rings.